The highest BCUT2D eigenvalue weighted by Gasteiger charge is 2.19. The van der Waals surface area contributed by atoms with Gasteiger partial charge in [0.15, 0.2) is 5.78 Å². The van der Waals surface area contributed by atoms with E-state index in [2.05, 4.69) is 0 Å². The second kappa shape index (κ2) is 7.09. The second-order valence-corrected chi connectivity index (χ2v) is 5.68. The molecule has 0 amide bonds. The number of rotatable bonds is 5. The largest absolute Gasteiger partial charge is 0.508 e. The fourth-order valence-corrected chi connectivity index (χ4v) is 2.73. The molecule has 0 aromatic heterocycles. The van der Waals surface area contributed by atoms with Crippen molar-refractivity contribution in [2.45, 2.75) is 6.42 Å². The maximum absolute atomic E-state index is 12.7. The van der Waals surface area contributed by atoms with Crippen LogP contribution in [0.4, 0.5) is 0 Å². The van der Waals surface area contributed by atoms with Gasteiger partial charge in [0.25, 0.3) is 0 Å². The van der Waals surface area contributed by atoms with Crippen molar-refractivity contribution < 1.29 is 19.7 Å². The zero-order chi connectivity index (χ0) is 17.8. The van der Waals surface area contributed by atoms with Crippen LogP contribution in [0, 0.1) is 0 Å². The molecule has 0 saturated carbocycles. The molecule has 3 rings (SSSR count). The Morgan fingerprint density at radius 1 is 0.920 bits per heavy atom. The van der Waals surface area contributed by atoms with Gasteiger partial charge in [0.05, 0.1) is 12.7 Å². The van der Waals surface area contributed by atoms with Crippen LogP contribution in [0.25, 0.3) is 0 Å². The Labute approximate surface area is 146 Å². The van der Waals surface area contributed by atoms with Crippen molar-refractivity contribution in [3.8, 4) is 17.2 Å². The molecule has 4 nitrogen and oxygen atoms in total. The van der Waals surface area contributed by atoms with Crippen LogP contribution in [0.1, 0.15) is 27.0 Å². The molecular formula is C21H18O4. The predicted molar refractivity (Wildman–Crippen MR) is 95.4 cm³/mol. The van der Waals surface area contributed by atoms with Crippen LogP contribution in [0.5, 0.6) is 17.2 Å². The molecule has 0 aliphatic heterocycles. The van der Waals surface area contributed by atoms with Crippen LogP contribution in [-0.2, 0) is 6.42 Å². The molecule has 0 unspecified atom stereocenters. The topological polar surface area (TPSA) is 66.8 Å². The highest BCUT2D eigenvalue weighted by atomic mass is 16.5. The number of phenols is 2. The first-order chi connectivity index (χ1) is 12.1. The van der Waals surface area contributed by atoms with Crippen LogP contribution >= 0.6 is 0 Å². The lowest BCUT2D eigenvalue weighted by molar-refractivity contribution is 0.103. The van der Waals surface area contributed by atoms with Gasteiger partial charge in [-0.3, -0.25) is 4.79 Å². The van der Waals surface area contributed by atoms with Crippen molar-refractivity contribution in [2.24, 2.45) is 0 Å². The smallest absolute Gasteiger partial charge is 0.196 e. The van der Waals surface area contributed by atoms with Crippen molar-refractivity contribution in [3.05, 3.63) is 89.0 Å². The maximum atomic E-state index is 12.7. The van der Waals surface area contributed by atoms with Crippen LogP contribution in [0.15, 0.2) is 66.7 Å². The Morgan fingerprint density at radius 3 is 2.24 bits per heavy atom. The number of ketones is 1. The van der Waals surface area contributed by atoms with E-state index < -0.39 is 0 Å². The van der Waals surface area contributed by atoms with Gasteiger partial charge in [-0.15, -0.1) is 0 Å². The van der Waals surface area contributed by atoms with Gasteiger partial charge in [0.2, 0.25) is 0 Å². The fraction of sp³-hybridized carbons (Fsp3) is 0.0952. The Bertz CT molecular complexity index is 884. The number of benzene rings is 3. The lowest BCUT2D eigenvalue weighted by Crippen LogP contribution is -2.04. The van der Waals surface area contributed by atoms with Crippen molar-refractivity contribution >= 4 is 5.78 Å². The molecule has 0 radical (unpaired) electrons. The van der Waals surface area contributed by atoms with Crippen molar-refractivity contribution in [1.82, 2.24) is 0 Å². The van der Waals surface area contributed by atoms with E-state index in [1.165, 1.54) is 31.4 Å². The molecule has 0 bridgehead atoms. The van der Waals surface area contributed by atoms with E-state index in [4.69, 9.17) is 4.74 Å². The number of hydrogen-bond acceptors (Lipinski definition) is 4. The van der Waals surface area contributed by atoms with Gasteiger partial charge in [-0.05, 0) is 42.0 Å². The number of carbonyl (C=O) groups is 1. The minimum atomic E-state index is -0.311. The Hall–Kier alpha value is -3.27. The van der Waals surface area contributed by atoms with Crippen LogP contribution in [0.2, 0.25) is 0 Å². The zero-order valence-corrected chi connectivity index (χ0v) is 13.8. The first-order valence-corrected chi connectivity index (χ1v) is 7.86. The van der Waals surface area contributed by atoms with Gasteiger partial charge < -0.3 is 14.9 Å². The summed E-state index contributed by atoms with van der Waals surface area (Å²) in [6, 6.07) is 18.8. The molecular weight excluding hydrogens is 316 g/mol. The number of phenolic OH excluding ortho intramolecular Hbond substituents is 2. The molecule has 3 aromatic rings. The summed E-state index contributed by atoms with van der Waals surface area (Å²) in [7, 11) is 1.53. The van der Waals surface area contributed by atoms with E-state index in [0.717, 1.165) is 5.56 Å². The van der Waals surface area contributed by atoms with Crippen molar-refractivity contribution in [2.75, 3.05) is 7.11 Å². The van der Waals surface area contributed by atoms with E-state index in [0.29, 0.717) is 23.3 Å². The number of methoxy groups -OCH3 is 1. The lowest BCUT2D eigenvalue weighted by Gasteiger charge is -2.14. The minimum Gasteiger partial charge on any atom is -0.508 e. The summed E-state index contributed by atoms with van der Waals surface area (Å²) in [5.41, 5.74) is 2.17. The normalized spacial score (nSPS) is 10.4. The summed E-state index contributed by atoms with van der Waals surface area (Å²) < 4.78 is 5.35. The SMILES string of the molecule is COc1ccc(C(=O)c2ccc(O)cc2)c(O)c1Cc1ccccc1. The minimum absolute atomic E-state index is 0.0821. The third-order valence-electron chi connectivity index (χ3n) is 4.06. The Morgan fingerprint density at radius 2 is 1.60 bits per heavy atom. The summed E-state index contributed by atoms with van der Waals surface area (Å²) in [4.78, 5) is 12.7. The molecule has 0 spiro atoms. The first-order valence-electron chi connectivity index (χ1n) is 7.86. The third-order valence-corrected chi connectivity index (χ3v) is 4.06. The average Bonchev–Trinajstić information content (AvgIpc) is 2.64. The number of aromatic hydroxyl groups is 2. The van der Waals surface area contributed by atoms with Gasteiger partial charge in [-0.2, -0.15) is 0 Å². The molecule has 3 aromatic carbocycles. The molecule has 0 aliphatic rings. The monoisotopic (exact) mass is 334 g/mol. The highest BCUT2D eigenvalue weighted by molar-refractivity contribution is 6.11. The van der Waals surface area contributed by atoms with Gasteiger partial charge in [0.1, 0.15) is 17.2 Å². The van der Waals surface area contributed by atoms with Gasteiger partial charge >= 0.3 is 0 Å². The number of carbonyl (C=O) groups excluding carboxylic acids is 1. The van der Waals surface area contributed by atoms with Gasteiger partial charge in [-0.1, -0.05) is 30.3 Å². The molecule has 2 N–H and O–H groups in total. The van der Waals surface area contributed by atoms with Crippen molar-refractivity contribution in [1.29, 1.82) is 0 Å². The first kappa shape index (κ1) is 16.6. The predicted octanol–water partition coefficient (Wildman–Crippen LogP) is 3.93. The number of hydrogen-bond donors (Lipinski definition) is 2. The van der Waals surface area contributed by atoms with Crippen LogP contribution in [-0.4, -0.2) is 23.1 Å². The lowest BCUT2D eigenvalue weighted by atomic mass is 9.96. The molecule has 0 atom stereocenters. The number of ether oxygens (including phenoxy) is 1. The van der Waals surface area contributed by atoms with E-state index in [9.17, 15) is 15.0 Å². The molecule has 0 saturated heterocycles. The summed E-state index contributed by atoms with van der Waals surface area (Å²) in [6.45, 7) is 0. The Balaban J connectivity index is 2.02. The van der Waals surface area contributed by atoms with Gasteiger partial charge in [0, 0.05) is 17.5 Å². The molecule has 0 aliphatic carbocycles. The molecule has 4 heteroatoms. The highest BCUT2D eigenvalue weighted by Crippen LogP contribution is 2.34. The van der Waals surface area contributed by atoms with Crippen molar-refractivity contribution in [3.63, 3.8) is 0 Å². The quantitative estimate of drug-likeness (QED) is 0.694. The molecule has 0 heterocycles. The maximum Gasteiger partial charge on any atom is 0.196 e. The summed E-state index contributed by atoms with van der Waals surface area (Å²) in [5.74, 6) is 0.222. The third kappa shape index (κ3) is 3.48. The van der Waals surface area contributed by atoms with E-state index in [-0.39, 0.29) is 22.8 Å². The Kier molecular flexibility index (Phi) is 4.70. The fourth-order valence-electron chi connectivity index (χ4n) is 2.73. The standard InChI is InChI=1S/C21H18O4/c1-25-19-12-11-17(20(23)15-7-9-16(22)10-8-15)21(24)18(19)13-14-5-3-2-4-6-14/h2-12,22,24H,13H2,1H3. The van der Waals surface area contributed by atoms with Gasteiger partial charge in [-0.25, -0.2) is 0 Å². The van der Waals surface area contributed by atoms with Crippen LogP contribution in [0.3, 0.4) is 0 Å². The zero-order valence-electron chi connectivity index (χ0n) is 13.8. The summed E-state index contributed by atoms with van der Waals surface area (Å²) in [5, 5.41) is 20.1. The molecule has 25 heavy (non-hydrogen) atoms. The summed E-state index contributed by atoms with van der Waals surface area (Å²) in [6.07, 6.45) is 0.451. The van der Waals surface area contributed by atoms with E-state index in [1.54, 1.807) is 12.1 Å². The average molecular weight is 334 g/mol. The van der Waals surface area contributed by atoms with E-state index >= 15 is 0 Å². The van der Waals surface area contributed by atoms with Crippen LogP contribution < -0.4 is 4.74 Å². The second-order valence-electron chi connectivity index (χ2n) is 5.68. The summed E-state index contributed by atoms with van der Waals surface area (Å²) >= 11 is 0. The molecule has 0 fully saturated rings. The molecule has 126 valence electrons. The van der Waals surface area contributed by atoms with E-state index in [1.807, 2.05) is 30.3 Å².